The Hall–Kier alpha value is -3.33. The molecule has 0 aromatic heterocycles. The molecule has 2 aromatic rings. The average Bonchev–Trinajstić information content (AvgIpc) is 2.63. The van der Waals surface area contributed by atoms with Crippen LogP contribution in [0.5, 0.6) is 11.5 Å². The van der Waals surface area contributed by atoms with E-state index >= 15 is 0 Å². The minimum atomic E-state index is -1.23. The van der Waals surface area contributed by atoms with Crippen molar-refractivity contribution in [3.05, 3.63) is 57.1 Å². The highest BCUT2D eigenvalue weighted by Gasteiger charge is 2.23. The molecule has 0 bridgehead atoms. The number of amides is 1. The van der Waals surface area contributed by atoms with Crippen LogP contribution in [0.25, 0.3) is 0 Å². The monoisotopic (exact) mass is 394 g/mol. The summed E-state index contributed by atoms with van der Waals surface area (Å²) in [6.07, 6.45) is -1.23. The summed E-state index contributed by atoms with van der Waals surface area (Å²) in [5.74, 6) is -1.90. The van der Waals surface area contributed by atoms with Crippen LogP contribution in [0.3, 0.4) is 0 Å². The third-order valence-corrected chi connectivity index (χ3v) is 3.72. The zero-order chi connectivity index (χ0) is 20.1. The molecule has 0 aliphatic heterocycles. The van der Waals surface area contributed by atoms with Crippen LogP contribution in [0.15, 0.2) is 36.4 Å². The van der Waals surface area contributed by atoms with Gasteiger partial charge in [-0.15, -0.1) is 0 Å². The van der Waals surface area contributed by atoms with Crippen molar-refractivity contribution >= 4 is 34.9 Å². The minimum Gasteiger partial charge on any atom is -0.507 e. The Morgan fingerprint density at radius 1 is 1.26 bits per heavy atom. The Balaban J connectivity index is 2.10. The number of nitro groups is 1. The van der Waals surface area contributed by atoms with Crippen LogP contribution in [0.1, 0.15) is 17.3 Å². The molecule has 0 saturated heterocycles. The number of nitro benzene ring substituents is 1. The van der Waals surface area contributed by atoms with Crippen LogP contribution in [-0.4, -0.2) is 35.1 Å². The quantitative estimate of drug-likeness (QED) is 0.437. The maximum atomic E-state index is 12.3. The number of nitrogens with zero attached hydrogens (tertiary/aromatic N) is 1. The van der Waals surface area contributed by atoms with Crippen molar-refractivity contribution in [2.24, 2.45) is 0 Å². The highest BCUT2D eigenvalue weighted by atomic mass is 35.5. The molecule has 0 fully saturated rings. The van der Waals surface area contributed by atoms with Gasteiger partial charge in [-0.1, -0.05) is 11.6 Å². The number of esters is 1. The lowest BCUT2D eigenvalue weighted by Gasteiger charge is -2.15. The van der Waals surface area contributed by atoms with Crippen LogP contribution < -0.4 is 10.1 Å². The molecular weight excluding hydrogens is 380 g/mol. The van der Waals surface area contributed by atoms with Gasteiger partial charge in [0.05, 0.1) is 23.8 Å². The zero-order valence-electron chi connectivity index (χ0n) is 14.3. The highest BCUT2D eigenvalue weighted by Crippen LogP contribution is 2.29. The molecule has 0 radical (unpaired) electrons. The Kier molecular flexibility index (Phi) is 6.19. The first-order chi connectivity index (χ1) is 12.7. The fraction of sp³-hybridized carbons (Fsp3) is 0.176. The number of non-ortho nitro benzene ring substituents is 1. The Morgan fingerprint density at radius 3 is 2.59 bits per heavy atom. The lowest BCUT2D eigenvalue weighted by atomic mass is 10.2. The van der Waals surface area contributed by atoms with Crippen LogP contribution in [-0.2, 0) is 9.53 Å². The number of hydrogen-bond donors (Lipinski definition) is 2. The summed E-state index contributed by atoms with van der Waals surface area (Å²) in [6.45, 7) is 1.33. The number of phenolic OH excluding ortho intramolecular Hbond substituents is 1. The maximum absolute atomic E-state index is 12.3. The van der Waals surface area contributed by atoms with Crippen LogP contribution in [0.4, 0.5) is 11.4 Å². The number of rotatable bonds is 6. The molecule has 2 aromatic carbocycles. The van der Waals surface area contributed by atoms with E-state index in [1.807, 2.05) is 0 Å². The van der Waals surface area contributed by atoms with Gasteiger partial charge in [-0.05, 0) is 31.2 Å². The molecule has 0 aliphatic rings. The van der Waals surface area contributed by atoms with Crippen molar-refractivity contribution in [2.45, 2.75) is 13.0 Å². The molecule has 0 aliphatic carbocycles. The lowest BCUT2D eigenvalue weighted by Crippen LogP contribution is -2.30. The summed E-state index contributed by atoms with van der Waals surface area (Å²) < 4.78 is 10.0. The number of nitrogens with one attached hydrogen (secondary N) is 1. The topological polar surface area (TPSA) is 128 Å². The first kappa shape index (κ1) is 20.0. The molecular formula is C17H15ClN2O7. The van der Waals surface area contributed by atoms with Gasteiger partial charge in [0.25, 0.3) is 11.6 Å². The zero-order valence-corrected chi connectivity index (χ0v) is 15.0. The predicted molar refractivity (Wildman–Crippen MR) is 96.3 cm³/mol. The van der Waals surface area contributed by atoms with Crippen LogP contribution >= 0.6 is 11.6 Å². The van der Waals surface area contributed by atoms with E-state index in [-0.39, 0.29) is 33.5 Å². The summed E-state index contributed by atoms with van der Waals surface area (Å²) in [7, 11) is 1.29. The minimum absolute atomic E-state index is 0.0727. The van der Waals surface area contributed by atoms with E-state index in [0.29, 0.717) is 0 Å². The number of aromatic hydroxyl groups is 1. The van der Waals surface area contributed by atoms with E-state index in [4.69, 9.17) is 21.1 Å². The molecule has 1 amide bonds. The van der Waals surface area contributed by atoms with Crippen molar-refractivity contribution in [1.82, 2.24) is 0 Å². The molecule has 27 heavy (non-hydrogen) atoms. The number of hydrogen-bond acceptors (Lipinski definition) is 7. The molecule has 9 nitrogen and oxygen atoms in total. The second kappa shape index (κ2) is 8.37. The standard InChI is InChI=1S/C17H15ClN2O7/c1-9(27-17(23)12-7-10(18)3-6-14(12)21)16(22)19-13-5-4-11(20(24)25)8-15(13)26-2/h3-9,21H,1-2H3,(H,19,22)/t9-/m0/s1. The predicted octanol–water partition coefficient (Wildman–Crippen LogP) is 3.15. The van der Waals surface area contributed by atoms with Gasteiger partial charge in [-0.2, -0.15) is 0 Å². The Morgan fingerprint density at radius 2 is 1.96 bits per heavy atom. The number of anilines is 1. The van der Waals surface area contributed by atoms with E-state index in [9.17, 15) is 24.8 Å². The maximum Gasteiger partial charge on any atom is 0.342 e. The van der Waals surface area contributed by atoms with Crippen molar-refractivity contribution < 1.29 is 29.1 Å². The number of phenols is 1. The third-order valence-electron chi connectivity index (χ3n) is 3.49. The molecule has 0 unspecified atom stereocenters. The fourth-order valence-electron chi connectivity index (χ4n) is 2.08. The van der Waals surface area contributed by atoms with Gasteiger partial charge < -0.3 is 19.9 Å². The molecule has 2 rings (SSSR count). The highest BCUT2D eigenvalue weighted by molar-refractivity contribution is 6.31. The SMILES string of the molecule is COc1cc([N+](=O)[O-])ccc1NC(=O)[C@H](C)OC(=O)c1cc(Cl)ccc1O. The largest absolute Gasteiger partial charge is 0.507 e. The van der Waals surface area contributed by atoms with Gasteiger partial charge in [0.2, 0.25) is 0 Å². The van der Waals surface area contributed by atoms with Gasteiger partial charge in [-0.25, -0.2) is 4.79 Å². The van der Waals surface area contributed by atoms with Crippen molar-refractivity contribution in [1.29, 1.82) is 0 Å². The number of carbonyl (C=O) groups excluding carboxylic acids is 2. The first-order valence-corrected chi connectivity index (χ1v) is 7.93. The van der Waals surface area contributed by atoms with Crippen molar-refractivity contribution in [3.63, 3.8) is 0 Å². The molecule has 10 heteroatoms. The lowest BCUT2D eigenvalue weighted by molar-refractivity contribution is -0.384. The second-order valence-corrected chi connectivity index (χ2v) is 5.78. The summed E-state index contributed by atoms with van der Waals surface area (Å²) in [5, 5.41) is 23.2. The molecule has 0 spiro atoms. The summed E-state index contributed by atoms with van der Waals surface area (Å²) in [5.41, 5.74) is -0.225. The second-order valence-electron chi connectivity index (χ2n) is 5.34. The number of ether oxygens (including phenoxy) is 2. The molecule has 0 saturated carbocycles. The molecule has 142 valence electrons. The number of halogens is 1. The van der Waals surface area contributed by atoms with Crippen molar-refractivity contribution in [2.75, 3.05) is 12.4 Å². The van der Waals surface area contributed by atoms with Crippen LogP contribution in [0.2, 0.25) is 5.02 Å². The average molecular weight is 395 g/mol. The smallest absolute Gasteiger partial charge is 0.342 e. The van der Waals surface area contributed by atoms with E-state index < -0.39 is 22.9 Å². The van der Waals surface area contributed by atoms with Gasteiger partial charge in [0.1, 0.15) is 17.1 Å². The number of benzene rings is 2. The van der Waals surface area contributed by atoms with E-state index in [1.165, 1.54) is 44.4 Å². The molecule has 1 atom stereocenters. The number of methoxy groups -OCH3 is 1. The number of carbonyl (C=O) groups is 2. The van der Waals surface area contributed by atoms with Crippen molar-refractivity contribution in [3.8, 4) is 11.5 Å². The summed E-state index contributed by atoms with van der Waals surface area (Å²) in [4.78, 5) is 34.6. The van der Waals surface area contributed by atoms with E-state index in [0.717, 1.165) is 6.07 Å². The van der Waals surface area contributed by atoms with Gasteiger partial charge in [-0.3, -0.25) is 14.9 Å². The molecule has 0 heterocycles. The van der Waals surface area contributed by atoms with Gasteiger partial charge in [0.15, 0.2) is 6.10 Å². The first-order valence-electron chi connectivity index (χ1n) is 7.55. The van der Waals surface area contributed by atoms with E-state index in [2.05, 4.69) is 5.32 Å². The normalized spacial score (nSPS) is 11.4. The van der Waals surface area contributed by atoms with Crippen LogP contribution in [0, 0.1) is 10.1 Å². The van der Waals surface area contributed by atoms with E-state index in [1.54, 1.807) is 0 Å². The fourth-order valence-corrected chi connectivity index (χ4v) is 2.25. The van der Waals surface area contributed by atoms with Gasteiger partial charge in [0, 0.05) is 11.1 Å². The Bertz CT molecular complexity index is 901. The Labute approximate surface area is 158 Å². The van der Waals surface area contributed by atoms with Gasteiger partial charge >= 0.3 is 5.97 Å². The summed E-state index contributed by atoms with van der Waals surface area (Å²) >= 11 is 5.78. The third kappa shape index (κ3) is 4.85. The summed E-state index contributed by atoms with van der Waals surface area (Å²) in [6, 6.07) is 7.47. The molecule has 2 N–H and O–H groups in total.